The fraction of sp³-hybridized carbons (Fsp3) is 0.263. The zero-order valence-electron chi connectivity index (χ0n) is 14.5. The van der Waals surface area contributed by atoms with Gasteiger partial charge >= 0.3 is 0 Å². The molecular formula is C19H20N4O2S. The zero-order chi connectivity index (χ0) is 18.1. The van der Waals surface area contributed by atoms with Crippen LogP contribution in [0.5, 0.6) is 0 Å². The molecule has 2 aromatic carbocycles. The Morgan fingerprint density at radius 2 is 1.73 bits per heavy atom. The minimum Gasteiger partial charge on any atom is -0.317 e. The molecule has 0 radical (unpaired) electrons. The summed E-state index contributed by atoms with van der Waals surface area (Å²) in [4.78, 5) is 0.315. The molecule has 0 spiro atoms. The number of aromatic nitrogens is 3. The van der Waals surface area contributed by atoms with E-state index in [9.17, 15) is 8.42 Å². The van der Waals surface area contributed by atoms with Gasteiger partial charge in [0.2, 0.25) is 0 Å². The summed E-state index contributed by atoms with van der Waals surface area (Å²) in [6.45, 7) is 0. The van der Waals surface area contributed by atoms with Crippen LogP contribution in [-0.4, -0.2) is 23.2 Å². The normalized spacial score (nSPS) is 14.0. The number of sulfonamides is 1. The van der Waals surface area contributed by atoms with E-state index in [4.69, 9.17) is 0 Å². The highest BCUT2D eigenvalue weighted by Gasteiger charge is 2.18. The summed E-state index contributed by atoms with van der Waals surface area (Å²) in [5.74, 6) is 0.731. The maximum atomic E-state index is 12.7. The van der Waals surface area contributed by atoms with Gasteiger partial charge in [0.25, 0.3) is 10.0 Å². The Hall–Kier alpha value is -2.67. The lowest BCUT2D eigenvalue weighted by Gasteiger charge is -2.17. The molecule has 7 heteroatoms. The van der Waals surface area contributed by atoms with Gasteiger partial charge in [0.1, 0.15) is 6.33 Å². The molecule has 0 amide bonds. The van der Waals surface area contributed by atoms with Crippen LogP contribution in [0.25, 0.3) is 11.4 Å². The van der Waals surface area contributed by atoms with Gasteiger partial charge in [-0.15, -0.1) is 10.2 Å². The zero-order valence-corrected chi connectivity index (χ0v) is 15.3. The highest BCUT2D eigenvalue weighted by molar-refractivity contribution is 7.92. The van der Waals surface area contributed by atoms with Gasteiger partial charge < -0.3 is 4.57 Å². The predicted octanol–water partition coefficient (Wildman–Crippen LogP) is 3.16. The monoisotopic (exact) mass is 368 g/mol. The molecule has 1 N–H and O–H groups in total. The largest absolute Gasteiger partial charge is 0.317 e. The fourth-order valence-corrected chi connectivity index (χ4v) is 4.43. The van der Waals surface area contributed by atoms with Crippen molar-refractivity contribution < 1.29 is 8.42 Å². The quantitative estimate of drug-likeness (QED) is 0.767. The van der Waals surface area contributed by atoms with Crippen molar-refractivity contribution in [1.29, 1.82) is 0 Å². The molecule has 1 heterocycles. The van der Waals surface area contributed by atoms with Crippen molar-refractivity contribution in [2.75, 3.05) is 4.72 Å². The number of hydrogen-bond donors (Lipinski definition) is 1. The Labute approximate surface area is 153 Å². The van der Waals surface area contributed by atoms with Crippen LogP contribution in [0.2, 0.25) is 0 Å². The van der Waals surface area contributed by atoms with Crippen LogP contribution in [0, 0.1) is 0 Å². The van der Waals surface area contributed by atoms with Crippen molar-refractivity contribution in [2.45, 2.75) is 30.6 Å². The summed E-state index contributed by atoms with van der Waals surface area (Å²) >= 11 is 0. The van der Waals surface area contributed by atoms with Crippen molar-refractivity contribution >= 4 is 15.7 Å². The van der Waals surface area contributed by atoms with Crippen molar-refractivity contribution in [3.8, 4) is 11.4 Å². The standard InChI is InChI=1S/C19H20N4O2S/c1-23-13-20-21-19(23)15-6-9-17(10-7-15)22-26(24,25)18-11-8-14-4-2-3-5-16(14)12-18/h6-13,22H,2-5H2,1H3. The SMILES string of the molecule is Cn1cnnc1-c1ccc(NS(=O)(=O)c2ccc3c(c2)CCCC3)cc1. The Balaban J connectivity index is 1.57. The molecule has 0 fully saturated rings. The van der Waals surface area contributed by atoms with Crippen molar-refractivity contribution in [3.05, 3.63) is 59.9 Å². The van der Waals surface area contributed by atoms with Gasteiger partial charge in [-0.2, -0.15) is 0 Å². The number of benzene rings is 2. The summed E-state index contributed by atoms with van der Waals surface area (Å²) < 4.78 is 29.9. The number of nitrogens with zero attached hydrogens (tertiary/aromatic N) is 3. The van der Waals surface area contributed by atoms with E-state index in [-0.39, 0.29) is 0 Å². The molecule has 0 atom stereocenters. The molecule has 0 saturated heterocycles. The van der Waals surface area contributed by atoms with Gasteiger partial charge in [-0.1, -0.05) is 6.07 Å². The number of anilines is 1. The smallest absolute Gasteiger partial charge is 0.261 e. The summed E-state index contributed by atoms with van der Waals surface area (Å²) in [7, 11) is -1.74. The lowest BCUT2D eigenvalue weighted by molar-refractivity contribution is 0.600. The molecule has 26 heavy (non-hydrogen) atoms. The summed E-state index contributed by atoms with van der Waals surface area (Å²) in [6.07, 6.45) is 5.91. The minimum atomic E-state index is -3.60. The van der Waals surface area contributed by atoms with Gasteiger partial charge in [-0.25, -0.2) is 8.42 Å². The predicted molar refractivity (Wildman–Crippen MR) is 100 cm³/mol. The first-order valence-corrected chi connectivity index (χ1v) is 10.1. The van der Waals surface area contributed by atoms with Crippen LogP contribution in [0.4, 0.5) is 5.69 Å². The van der Waals surface area contributed by atoms with Crippen LogP contribution in [0.15, 0.2) is 53.7 Å². The molecule has 3 aromatic rings. The van der Waals surface area contributed by atoms with Gasteiger partial charge in [0.15, 0.2) is 5.82 Å². The van der Waals surface area contributed by atoms with Crippen molar-refractivity contribution in [2.24, 2.45) is 7.05 Å². The molecule has 0 bridgehead atoms. The van der Waals surface area contributed by atoms with E-state index in [0.717, 1.165) is 36.2 Å². The van der Waals surface area contributed by atoms with E-state index in [0.29, 0.717) is 10.6 Å². The number of aryl methyl sites for hydroxylation is 3. The fourth-order valence-electron chi connectivity index (χ4n) is 3.32. The maximum Gasteiger partial charge on any atom is 0.261 e. The Morgan fingerprint density at radius 1 is 1.00 bits per heavy atom. The van der Waals surface area contributed by atoms with E-state index in [1.807, 2.05) is 35.9 Å². The molecule has 134 valence electrons. The molecule has 0 unspecified atom stereocenters. The average Bonchev–Trinajstić information content (AvgIpc) is 3.07. The van der Waals surface area contributed by atoms with Crippen LogP contribution < -0.4 is 4.72 Å². The van der Waals surface area contributed by atoms with Crippen LogP contribution in [0.1, 0.15) is 24.0 Å². The van der Waals surface area contributed by atoms with Gasteiger partial charge in [0, 0.05) is 18.3 Å². The molecular weight excluding hydrogens is 348 g/mol. The summed E-state index contributed by atoms with van der Waals surface area (Å²) in [6, 6.07) is 12.6. The second-order valence-electron chi connectivity index (χ2n) is 6.59. The van der Waals surface area contributed by atoms with Crippen molar-refractivity contribution in [1.82, 2.24) is 14.8 Å². The summed E-state index contributed by atoms with van der Waals surface area (Å²) in [5, 5.41) is 7.91. The Bertz CT molecular complexity index is 1040. The highest BCUT2D eigenvalue weighted by Crippen LogP contribution is 2.26. The lowest BCUT2D eigenvalue weighted by Crippen LogP contribution is -2.14. The van der Waals surface area contributed by atoms with E-state index < -0.39 is 10.0 Å². The molecule has 0 aliphatic heterocycles. The minimum absolute atomic E-state index is 0.315. The molecule has 4 rings (SSSR count). The van der Waals surface area contributed by atoms with Gasteiger partial charge in [-0.05, 0) is 73.2 Å². The first-order valence-electron chi connectivity index (χ1n) is 8.62. The van der Waals surface area contributed by atoms with Crippen molar-refractivity contribution in [3.63, 3.8) is 0 Å². The third-order valence-electron chi connectivity index (χ3n) is 4.74. The highest BCUT2D eigenvalue weighted by atomic mass is 32.2. The third-order valence-corrected chi connectivity index (χ3v) is 6.12. The van der Waals surface area contributed by atoms with Gasteiger partial charge in [-0.3, -0.25) is 4.72 Å². The maximum absolute atomic E-state index is 12.7. The second-order valence-corrected chi connectivity index (χ2v) is 8.27. The topological polar surface area (TPSA) is 76.9 Å². The van der Waals surface area contributed by atoms with E-state index in [2.05, 4.69) is 14.9 Å². The lowest BCUT2D eigenvalue weighted by atomic mass is 9.92. The first kappa shape index (κ1) is 16.8. The Morgan fingerprint density at radius 3 is 2.42 bits per heavy atom. The molecule has 1 aliphatic rings. The molecule has 0 saturated carbocycles. The average molecular weight is 368 g/mol. The third kappa shape index (κ3) is 3.22. The molecule has 1 aromatic heterocycles. The van der Waals surface area contributed by atoms with Crippen LogP contribution in [-0.2, 0) is 29.9 Å². The van der Waals surface area contributed by atoms with E-state index in [1.165, 1.54) is 12.0 Å². The van der Waals surface area contributed by atoms with E-state index in [1.54, 1.807) is 24.5 Å². The van der Waals surface area contributed by atoms with Crippen LogP contribution >= 0.6 is 0 Å². The molecule has 1 aliphatic carbocycles. The Kier molecular flexibility index (Phi) is 4.24. The van der Waals surface area contributed by atoms with E-state index >= 15 is 0 Å². The van der Waals surface area contributed by atoms with Crippen LogP contribution in [0.3, 0.4) is 0 Å². The van der Waals surface area contributed by atoms with Gasteiger partial charge in [0.05, 0.1) is 4.90 Å². The number of hydrogen-bond acceptors (Lipinski definition) is 4. The molecule has 6 nitrogen and oxygen atoms in total. The second kappa shape index (κ2) is 6.57. The summed E-state index contributed by atoms with van der Waals surface area (Å²) in [5.41, 5.74) is 3.82. The number of fused-ring (bicyclic) bond motifs is 1. The number of rotatable bonds is 4. The first-order chi connectivity index (χ1) is 12.5. The number of nitrogens with one attached hydrogen (secondary N) is 1.